The van der Waals surface area contributed by atoms with Crippen LogP contribution in [0.25, 0.3) is 0 Å². The highest BCUT2D eigenvalue weighted by Gasteiger charge is 2.14. The van der Waals surface area contributed by atoms with Crippen LogP contribution in [-0.4, -0.2) is 28.2 Å². The number of methoxy groups -OCH3 is 1. The Hall–Kier alpha value is -1.65. The van der Waals surface area contributed by atoms with Crippen LogP contribution >= 0.6 is 0 Å². The van der Waals surface area contributed by atoms with Crippen LogP contribution in [0.1, 0.15) is 16.2 Å². The van der Waals surface area contributed by atoms with Gasteiger partial charge in [0.25, 0.3) is 0 Å². The molecule has 0 aliphatic heterocycles. The van der Waals surface area contributed by atoms with Gasteiger partial charge < -0.3 is 9.84 Å². The maximum Gasteiger partial charge on any atom is 0.360 e. The van der Waals surface area contributed by atoms with Gasteiger partial charge in [-0.2, -0.15) is 0 Å². The summed E-state index contributed by atoms with van der Waals surface area (Å²) in [5.74, 6) is -0.901. The molecule has 1 heterocycles. The smallest absolute Gasteiger partial charge is 0.360 e. The molecule has 5 nitrogen and oxygen atoms in total. The van der Waals surface area contributed by atoms with E-state index in [0.29, 0.717) is 5.69 Å². The molecule has 5 heteroatoms. The summed E-state index contributed by atoms with van der Waals surface area (Å²) in [5, 5.41) is 9.27. The molecule has 0 spiro atoms. The Morgan fingerprint density at radius 3 is 2.83 bits per heavy atom. The minimum absolute atomic E-state index is 0.106. The van der Waals surface area contributed by atoms with Crippen LogP contribution in [0, 0.1) is 6.92 Å². The van der Waals surface area contributed by atoms with Crippen molar-refractivity contribution in [2.75, 3.05) is 7.11 Å². The summed E-state index contributed by atoms with van der Waals surface area (Å²) in [5.41, 5.74) is 0.246. The highest BCUT2D eigenvalue weighted by molar-refractivity contribution is 5.90. The number of rotatable bonds is 1. The second-order valence-corrected chi connectivity index (χ2v) is 2.15. The molecule has 0 saturated carbocycles. The van der Waals surface area contributed by atoms with Gasteiger partial charge in [0.15, 0.2) is 11.4 Å². The molecule has 0 atom stereocenters. The van der Waals surface area contributed by atoms with Crippen molar-refractivity contribution in [2.24, 2.45) is 0 Å². The van der Waals surface area contributed by atoms with Gasteiger partial charge >= 0.3 is 5.97 Å². The van der Waals surface area contributed by atoms with Crippen LogP contribution in [0.5, 0.6) is 5.75 Å². The first-order valence-electron chi connectivity index (χ1n) is 3.25. The van der Waals surface area contributed by atoms with Crippen molar-refractivity contribution in [1.82, 2.24) is 9.97 Å². The molecule has 0 aliphatic rings. The molecule has 1 N–H and O–H groups in total. The fourth-order valence-electron chi connectivity index (χ4n) is 0.713. The molecule has 0 amide bonds. The van der Waals surface area contributed by atoms with Crippen LogP contribution in [0.15, 0.2) is 6.33 Å². The minimum atomic E-state index is -0.669. The zero-order valence-electron chi connectivity index (χ0n) is 6.74. The molecule has 1 aromatic rings. The monoisotopic (exact) mass is 168 g/mol. The maximum absolute atomic E-state index is 10.9. The van der Waals surface area contributed by atoms with Crippen molar-refractivity contribution >= 4 is 5.97 Å². The largest absolute Gasteiger partial charge is 0.504 e. The van der Waals surface area contributed by atoms with Crippen molar-refractivity contribution in [1.29, 1.82) is 0 Å². The first-order chi connectivity index (χ1) is 5.66. The van der Waals surface area contributed by atoms with E-state index in [1.165, 1.54) is 13.4 Å². The molecule has 12 heavy (non-hydrogen) atoms. The number of nitrogens with zero attached hydrogens (tertiary/aromatic N) is 2. The molecule has 0 saturated heterocycles. The highest BCUT2D eigenvalue weighted by atomic mass is 16.5. The Labute approximate surface area is 69.0 Å². The predicted octanol–water partition coefficient (Wildman–Crippen LogP) is 0.277. The van der Waals surface area contributed by atoms with Gasteiger partial charge in [0.1, 0.15) is 6.33 Å². The van der Waals surface area contributed by atoms with E-state index in [4.69, 9.17) is 0 Å². The minimum Gasteiger partial charge on any atom is -0.504 e. The van der Waals surface area contributed by atoms with Crippen LogP contribution in [0.3, 0.4) is 0 Å². The standard InChI is InChI=1S/C7H8N2O3/c1-4-6(10)5(7(11)12-2)9-3-8-4/h3,10H,1-2H3. The number of ether oxygens (including phenoxy) is 1. The molecule has 0 aliphatic carbocycles. The Morgan fingerprint density at radius 1 is 1.58 bits per heavy atom. The highest BCUT2D eigenvalue weighted by Crippen LogP contribution is 2.16. The molecule has 0 radical (unpaired) electrons. The Kier molecular flexibility index (Phi) is 2.23. The first kappa shape index (κ1) is 8.45. The Balaban J connectivity index is 3.16. The third kappa shape index (κ3) is 1.34. The van der Waals surface area contributed by atoms with Crippen LogP contribution < -0.4 is 0 Å². The predicted molar refractivity (Wildman–Crippen MR) is 39.8 cm³/mol. The number of hydrogen-bond acceptors (Lipinski definition) is 5. The topological polar surface area (TPSA) is 72.3 Å². The van der Waals surface area contributed by atoms with Crippen molar-refractivity contribution in [3.05, 3.63) is 17.7 Å². The van der Waals surface area contributed by atoms with Crippen molar-refractivity contribution in [3.63, 3.8) is 0 Å². The lowest BCUT2D eigenvalue weighted by Crippen LogP contribution is -2.05. The van der Waals surface area contributed by atoms with Crippen molar-refractivity contribution in [3.8, 4) is 5.75 Å². The fourth-order valence-corrected chi connectivity index (χ4v) is 0.713. The van der Waals surface area contributed by atoms with Crippen LogP contribution in [0.4, 0.5) is 0 Å². The van der Waals surface area contributed by atoms with E-state index in [0.717, 1.165) is 0 Å². The lowest BCUT2D eigenvalue weighted by molar-refractivity contribution is 0.0590. The van der Waals surface area contributed by atoms with Gasteiger partial charge in [-0.05, 0) is 6.92 Å². The van der Waals surface area contributed by atoms with E-state index in [9.17, 15) is 9.90 Å². The molecular formula is C7H8N2O3. The van der Waals surface area contributed by atoms with Gasteiger partial charge in [-0.15, -0.1) is 0 Å². The fraction of sp³-hybridized carbons (Fsp3) is 0.286. The van der Waals surface area contributed by atoms with E-state index in [2.05, 4.69) is 14.7 Å². The number of aromatic nitrogens is 2. The van der Waals surface area contributed by atoms with Gasteiger partial charge in [0.05, 0.1) is 12.8 Å². The summed E-state index contributed by atoms with van der Waals surface area (Å²) in [7, 11) is 1.22. The zero-order valence-corrected chi connectivity index (χ0v) is 6.74. The molecule has 0 fully saturated rings. The SMILES string of the molecule is COC(=O)c1ncnc(C)c1O. The second-order valence-electron chi connectivity index (χ2n) is 2.15. The Morgan fingerprint density at radius 2 is 2.25 bits per heavy atom. The van der Waals surface area contributed by atoms with Gasteiger partial charge in [-0.3, -0.25) is 0 Å². The Bertz CT molecular complexity index is 312. The zero-order chi connectivity index (χ0) is 9.14. The molecule has 0 unspecified atom stereocenters. The third-order valence-corrected chi connectivity index (χ3v) is 1.38. The van der Waals surface area contributed by atoms with Gasteiger partial charge in [0, 0.05) is 0 Å². The lowest BCUT2D eigenvalue weighted by atomic mass is 10.3. The number of hydrogen-bond donors (Lipinski definition) is 1. The summed E-state index contributed by atoms with van der Waals surface area (Å²) in [4.78, 5) is 18.2. The average Bonchev–Trinajstić information content (AvgIpc) is 2.08. The number of carbonyl (C=O) groups is 1. The molecule has 0 aromatic carbocycles. The number of aryl methyl sites for hydroxylation is 1. The van der Waals surface area contributed by atoms with E-state index in [1.54, 1.807) is 6.92 Å². The first-order valence-corrected chi connectivity index (χ1v) is 3.25. The van der Waals surface area contributed by atoms with Gasteiger partial charge in [-0.1, -0.05) is 0 Å². The van der Waals surface area contributed by atoms with Gasteiger partial charge in [-0.25, -0.2) is 14.8 Å². The number of aromatic hydroxyl groups is 1. The molecule has 1 aromatic heterocycles. The number of carbonyl (C=O) groups excluding carboxylic acids is 1. The molecule has 1 rings (SSSR count). The van der Waals surface area contributed by atoms with Crippen molar-refractivity contribution < 1.29 is 14.6 Å². The normalized spacial score (nSPS) is 9.50. The summed E-state index contributed by atoms with van der Waals surface area (Å²) >= 11 is 0. The van der Waals surface area contributed by atoms with E-state index < -0.39 is 5.97 Å². The van der Waals surface area contributed by atoms with Crippen LogP contribution in [0.2, 0.25) is 0 Å². The molecule has 0 bridgehead atoms. The quantitative estimate of drug-likeness (QED) is 0.609. The summed E-state index contributed by atoms with van der Waals surface area (Å²) in [6.07, 6.45) is 1.20. The summed E-state index contributed by atoms with van der Waals surface area (Å²) in [6, 6.07) is 0. The summed E-state index contributed by atoms with van der Waals surface area (Å²) in [6.45, 7) is 1.57. The molecule has 64 valence electrons. The van der Waals surface area contributed by atoms with E-state index >= 15 is 0 Å². The van der Waals surface area contributed by atoms with E-state index in [1.807, 2.05) is 0 Å². The number of esters is 1. The van der Waals surface area contributed by atoms with Gasteiger partial charge in [0.2, 0.25) is 0 Å². The lowest BCUT2D eigenvalue weighted by Gasteiger charge is -2.01. The second kappa shape index (κ2) is 3.17. The third-order valence-electron chi connectivity index (χ3n) is 1.38. The van der Waals surface area contributed by atoms with Crippen molar-refractivity contribution in [2.45, 2.75) is 6.92 Å². The molecular weight excluding hydrogens is 160 g/mol. The maximum atomic E-state index is 10.9. The van der Waals surface area contributed by atoms with Crippen LogP contribution in [-0.2, 0) is 4.74 Å². The van der Waals surface area contributed by atoms with E-state index in [-0.39, 0.29) is 11.4 Å². The summed E-state index contributed by atoms with van der Waals surface area (Å²) < 4.78 is 4.38. The average molecular weight is 168 g/mol.